The van der Waals surface area contributed by atoms with Crippen LogP contribution in [-0.4, -0.2) is 74.7 Å². The number of ketones is 1. The Morgan fingerprint density at radius 2 is 1.84 bits per heavy atom. The van der Waals surface area contributed by atoms with Crippen LogP contribution in [0.15, 0.2) is 54.6 Å². The molecule has 1 saturated carbocycles. The van der Waals surface area contributed by atoms with Crippen LogP contribution in [0.1, 0.15) is 63.9 Å². The number of Topliss-reactive ketones (excluding diaryl/α,β-unsaturated/α-hetero) is 1. The molecule has 0 amide bonds. The molecule has 3 fully saturated rings. The fourth-order valence-electron chi connectivity index (χ4n) is 6.29. The molecule has 234 valence electrons. The number of carboxylic acids is 1. The molecule has 7 rings (SSSR count). The highest BCUT2D eigenvalue weighted by Gasteiger charge is 2.31. The molecule has 45 heavy (non-hydrogen) atoms. The van der Waals surface area contributed by atoms with Gasteiger partial charge in [-0.1, -0.05) is 18.2 Å². The van der Waals surface area contributed by atoms with Gasteiger partial charge in [-0.05, 0) is 74.6 Å². The molecular formula is C35H39N5O5. The first-order valence-electron chi connectivity index (χ1n) is 15.9. The first-order valence-corrected chi connectivity index (χ1v) is 15.9. The first-order chi connectivity index (χ1) is 21.8. The Kier molecular flexibility index (Phi) is 8.01. The van der Waals surface area contributed by atoms with Gasteiger partial charge >= 0.3 is 5.97 Å². The van der Waals surface area contributed by atoms with E-state index in [4.69, 9.17) is 19.4 Å². The molecule has 3 aliphatic rings. The van der Waals surface area contributed by atoms with Crippen molar-refractivity contribution in [2.24, 2.45) is 5.92 Å². The number of piperazine rings is 1. The summed E-state index contributed by atoms with van der Waals surface area (Å²) in [5, 5.41) is 9.56. The number of hydrogen-bond acceptors (Lipinski definition) is 8. The topological polar surface area (TPSA) is 110 Å². The lowest BCUT2D eigenvalue weighted by atomic mass is 10.0. The van der Waals surface area contributed by atoms with Crippen molar-refractivity contribution < 1.29 is 24.2 Å². The van der Waals surface area contributed by atoms with Crippen LogP contribution in [-0.2, 0) is 24.4 Å². The van der Waals surface area contributed by atoms with E-state index in [0.717, 1.165) is 84.9 Å². The Labute approximate surface area is 262 Å². The molecule has 4 heterocycles. The number of aromatic nitrogens is 3. The zero-order valence-corrected chi connectivity index (χ0v) is 25.8. The van der Waals surface area contributed by atoms with Crippen LogP contribution < -0.4 is 9.64 Å². The number of anilines is 1. The van der Waals surface area contributed by atoms with E-state index in [9.17, 15) is 14.7 Å². The standard InChI is InChI=1S/C35H39N5O5/c1-22-16-25(34(41)24-6-7-24)8-9-27(22)21-45-33-5-3-4-31(37-33)39-14-13-38(23(2)18-39)20-32-36-29-11-10-26(35(42)43)17-30(29)40(32)19-28-12-15-44-28/h3-5,8-11,16-17,23-24,28H,6-7,12-15,18-21H2,1-2H3,(H,42,43)/t23-,28?/m0/s1. The number of carbonyl (C=O) groups excluding carboxylic acids is 1. The summed E-state index contributed by atoms with van der Waals surface area (Å²) in [5.41, 5.74) is 4.80. The fraction of sp³-hybridized carbons (Fsp3) is 0.429. The van der Waals surface area contributed by atoms with E-state index in [1.54, 1.807) is 18.2 Å². The van der Waals surface area contributed by atoms with Gasteiger partial charge in [0, 0.05) is 49.8 Å². The Hall–Kier alpha value is -4.28. The highest BCUT2D eigenvalue weighted by molar-refractivity contribution is 5.99. The van der Waals surface area contributed by atoms with Gasteiger partial charge in [-0.25, -0.2) is 9.78 Å². The van der Waals surface area contributed by atoms with Crippen LogP contribution in [0.4, 0.5) is 5.82 Å². The summed E-state index contributed by atoms with van der Waals surface area (Å²) in [6.45, 7) is 9.19. The summed E-state index contributed by atoms with van der Waals surface area (Å²) >= 11 is 0. The van der Waals surface area contributed by atoms with Gasteiger partial charge < -0.3 is 24.0 Å². The maximum absolute atomic E-state index is 12.4. The molecule has 4 aromatic rings. The number of benzene rings is 2. The quantitative estimate of drug-likeness (QED) is 0.232. The number of fused-ring (bicyclic) bond motifs is 1. The van der Waals surface area contributed by atoms with E-state index in [1.807, 2.05) is 43.3 Å². The Morgan fingerprint density at radius 3 is 2.56 bits per heavy atom. The van der Waals surface area contributed by atoms with Gasteiger partial charge in [0.2, 0.25) is 5.88 Å². The third-order valence-corrected chi connectivity index (χ3v) is 9.35. The predicted octanol–water partition coefficient (Wildman–Crippen LogP) is 5.11. The van der Waals surface area contributed by atoms with Crippen LogP contribution >= 0.6 is 0 Å². The van der Waals surface area contributed by atoms with Crippen molar-refractivity contribution in [3.63, 3.8) is 0 Å². The normalized spacial score (nSPS) is 20.3. The predicted molar refractivity (Wildman–Crippen MR) is 170 cm³/mol. The second kappa shape index (κ2) is 12.3. The minimum Gasteiger partial charge on any atom is -0.478 e. The van der Waals surface area contributed by atoms with Gasteiger partial charge in [-0.15, -0.1) is 0 Å². The van der Waals surface area contributed by atoms with Crippen molar-refractivity contribution in [2.75, 3.05) is 31.1 Å². The maximum atomic E-state index is 12.4. The van der Waals surface area contributed by atoms with Crippen molar-refractivity contribution in [2.45, 2.75) is 65.0 Å². The van der Waals surface area contributed by atoms with E-state index < -0.39 is 5.97 Å². The summed E-state index contributed by atoms with van der Waals surface area (Å²) in [5.74, 6) is 1.92. The number of rotatable bonds is 11. The molecule has 10 heteroatoms. The van der Waals surface area contributed by atoms with E-state index >= 15 is 0 Å². The molecule has 2 aromatic heterocycles. The average Bonchev–Trinajstić information content (AvgIpc) is 3.81. The zero-order chi connectivity index (χ0) is 31.1. The van der Waals surface area contributed by atoms with Crippen LogP contribution in [0.5, 0.6) is 5.88 Å². The molecular weight excluding hydrogens is 570 g/mol. The number of hydrogen-bond donors (Lipinski definition) is 1. The smallest absolute Gasteiger partial charge is 0.335 e. The Morgan fingerprint density at radius 1 is 1.02 bits per heavy atom. The van der Waals surface area contributed by atoms with Gasteiger partial charge in [-0.3, -0.25) is 9.69 Å². The summed E-state index contributed by atoms with van der Waals surface area (Å²) in [6.07, 6.45) is 3.14. The van der Waals surface area contributed by atoms with Gasteiger partial charge in [0.05, 0.1) is 35.8 Å². The highest BCUT2D eigenvalue weighted by atomic mass is 16.5. The van der Waals surface area contributed by atoms with E-state index in [1.165, 1.54) is 0 Å². The van der Waals surface area contributed by atoms with Crippen LogP contribution in [0.3, 0.4) is 0 Å². The molecule has 1 unspecified atom stereocenters. The van der Waals surface area contributed by atoms with E-state index in [2.05, 4.69) is 21.3 Å². The molecule has 2 aromatic carbocycles. The minimum absolute atomic E-state index is 0.129. The molecule has 2 saturated heterocycles. The largest absolute Gasteiger partial charge is 0.478 e. The molecule has 0 spiro atoms. The van der Waals surface area contributed by atoms with Crippen molar-refractivity contribution in [1.82, 2.24) is 19.4 Å². The molecule has 1 N–H and O–H groups in total. The molecule has 10 nitrogen and oxygen atoms in total. The van der Waals surface area contributed by atoms with E-state index in [-0.39, 0.29) is 29.4 Å². The van der Waals surface area contributed by atoms with Crippen LogP contribution in [0, 0.1) is 12.8 Å². The summed E-state index contributed by atoms with van der Waals surface area (Å²) in [6, 6.07) is 17.2. The number of imidazole rings is 1. The average molecular weight is 610 g/mol. The Bertz CT molecular complexity index is 1740. The zero-order valence-electron chi connectivity index (χ0n) is 25.8. The SMILES string of the molecule is Cc1cc(C(=O)C2CC2)ccc1COc1cccc(N2CCN(Cc3nc4ccc(C(=O)O)cc4n3CC3CCO3)[C@@H](C)C2)n1. The third-order valence-electron chi connectivity index (χ3n) is 9.35. The minimum atomic E-state index is -0.940. The summed E-state index contributed by atoms with van der Waals surface area (Å²) < 4.78 is 14.0. The Balaban J connectivity index is 1.00. The number of aryl methyl sites for hydroxylation is 1. The molecule has 2 atom stereocenters. The van der Waals surface area contributed by atoms with Gasteiger partial charge in [0.1, 0.15) is 18.2 Å². The first kappa shape index (κ1) is 29.4. The number of pyridine rings is 1. The van der Waals surface area contributed by atoms with Crippen LogP contribution in [0.2, 0.25) is 0 Å². The van der Waals surface area contributed by atoms with Gasteiger partial charge in [-0.2, -0.15) is 4.98 Å². The number of aromatic carboxylic acids is 1. The molecule has 0 radical (unpaired) electrons. The van der Waals surface area contributed by atoms with Crippen molar-refractivity contribution in [3.05, 3.63) is 82.7 Å². The second-order valence-corrected chi connectivity index (χ2v) is 12.6. The fourth-order valence-corrected chi connectivity index (χ4v) is 6.29. The van der Waals surface area contributed by atoms with Gasteiger partial charge in [0.25, 0.3) is 0 Å². The van der Waals surface area contributed by atoms with Crippen molar-refractivity contribution in [1.29, 1.82) is 0 Å². The summed E-state index contributed by atoms with van der Waals surface area (Å²) in [4.78, 5) is 38.6. The number of carboxylic acid groups (broad SMARTS) is 1. The van der Waals surface area contributed by atoms with Crippen LogP contribution in [0.25, 0.3) is 11.0 Å². The van der Waals surface area contributed by atoms with Crippen molar-refractivity contribution in [3.8, 4) is 5.88 Å². The molecule has 0 bridgehead atoms. The number of ether oxygens (including phenoxy) is 2. The molecule has 1 aliphatic carbocycles. The number of nitrogens with zero attached hydrogens (tertiary/aromatic N) is 5. The van der Waals surface area contributed by atoms with E-state index in [0.29, 0.717) is 25.6 Å². The lowest BCUT2D eigenvalue weighted by Gasteiger charge is -2.40. The number of carbonyl (C=O) groups is 2. The maximum Gasteiger partial charge on any atom is 0.335 e. The monoisotopic (exact) mass is 609 g/mol. The second-order valence-electron chi connectivity index (χ2n) is 12.6. The van der Waals surface area contributed by atoms with Gasteiger partial charge in [0.15, 0.2) is 5.78 Å². The lowest BCUT2D eigenvalue weighted by molar-refractivity contribution is -0.0592. The molecule has 2 aliphatic heterocycles. The van der Waals surface area contributed by atoms with Crippen molar-refractivity contribution >= 4 is 28.6 Å². The highest BCUT2D eigenvalue weighted by Crippen LogP contribution is 2.33. The lowest BCUT2D eigenvalue weighted by Crippen LogP contribution is -2.52. The third kappa shape index (κ3) is 6.30. The summed E-state index contributed by atoms with van der Waals surface area (Å²) in [7, 11) is 0.